The third kappa shape index (κ3) is 2.83. The minimum atomic E-state index is -0.702. The Balaban J connectivity index is 2.42. The van der Waals surface area contributed by atoms with Crippen LogP contribution in [0.15, 0.2) is 24.4 Å². The first-order chi connectivity index (χ1) is 9.65. The lowest BCUT2D eigenvalue weighted by Gasteiger charge is -2.10. The first kappa shape index (κ1) is 14.1. The van der Waals surface area contributed by atoms with Crippen molar-refractivity contribution in [2.75, 3.05) is 18.5 Å². The summed E-state index contributed by atoms with van der Waals surface area (Å²) < 4.78 is 14.0. The Morgan fingerprint density at radius 2 is 2.25 bits per heavy atom. The summed E-state index contributed by atoms with van der Waals surface area (Å²) in [6.07, 6.45) is 2.73. The number of nitro benzene ring substituents is 1. The molecule has 0 aliphatic rings. The normalized spacial score (nSPS) is 10.7. The van der Waals surface area contributed by atoms with Gasteiger partial charge in [0.1, 0.15) is 5.52 Å². The summed E-state index contributed by atoms with van der Waals surface area (Å²) in [5.41, 5.74) is 0.0962. The first-order valence-electron chi connectivity index (χ1n) is 6.21. The molecule has 7 heteroatoms. The molecule has 2 aromatic rings. The maximum absolute atomic E-state index is 14.0. The van der Waals surface area contributed by atoms with Gasteiger partial charge in [-0.1, -0.05) is 0 Å². The average molecular weight is 279 g/mol. The Kier molecular flexibility index (Phi) is 4.41. The summed E-state index contributed by atoms with van der Waals surface area (Å²) in [4.78, 5) is 14.3. The molecule has 0 bridgehead atoms. The quantitative estimate of drug-likeness (QED) is 0.481. The van der Waals surface area contributed by atoms with Crippen LogP contribution in [0, 0.1) is 15.9 Å². The van der Waals surface area contributed by atoms with Crippen LogP contribution in [-0.4, -0.2) is 28.2 Å². The van der Waals surface area contributed by atoms with E-state index in [9.17, 15) is 14.5 Å². The predicted molar refractivity (Wildman–Crippen MR) is 73.2 cm³/mol. The van der Waals surface area contributed by atoms with E-state index in [4.69, 9.17) is 5.11 Å². The second-order valence-corrected chi connectivity index (χ2v) is 4.27. The molecule has 0 saturated heterocycles. The standard InChI is InChI=1S/C13H14FN3O3/c14-10-8-11(17(19)20)9-4-3-6-15-12(9)13(10)16-5-1-2-7-18/h3-4,6,8,16,18H,1-2,5,7H2. The molecule has 2 rings (SSSR count). The van der Waals surface area contributed by atoms with Gasteiger partial charge in [-0.25, -0.2) is 4.39 Å². The zero-order valence-corrected chi connectivity index (χ0v) is 10.7. The number of rotatable bonds is 6. The molecule has 0 radical (unpaired) electrons. The van der Waals surface area contributed by atoms with Crippen molar-refractivity contribution in [1.29, 1.82) is 0 Å². The maximum atomic E-state index is 14.0. The summed E-state index contributed by atoms with van der Waals surface area (Å²) >= 11 is 0. The maximum Gasteiger partial charge on any atom is 0.281 e. The zero-order valence-electron chi connectivity index (χ0n) is 10.7. The van der Waals surface area contributed by atoms with Crippen molar-refractivity contribution in [3.63, 3.8) is 0 Å². The number of non-ortho nitro benzene ring substituents is 1. The number of nitrogens with one attached hydrogen (secondary N) is 1. The van der Waals surface area contributed by atoms with E-state index in [0.29, 0.717) is 24.8 Å². The Morgan fingerprint density at radius 3 is 2.95 bits per heavy atom. The van der Waals surface area contributed by atoms with E-state index in [-0.39, 0.29) is 23.5 Å². The Labute approximate surface area is 114 Å². The molecule has 6 nitrogen and oxygen atoms in total. The number of halogens is 1. The Hall–Kier alpha value is -2.28. The van der Waals surface area contributed by atoms with Gasteiger partial charge in [0.05, 0.1) is 22.1 Å². The van der Waals surface area contributed by atoms with Crippen LogP contribution in [-0.2, 0) is 0 Å². The SMILES string of the molecule is O=[N+]([O-])c1cc(F)c(NCCCCO)c2ncccc12. The van der Waals surface area contributed by atoms with Gasteiger partial charge in [0.25, 0.3) is 5.69 Å². The van der Waals surface area contributed by atoms with Crippen molar-refractivity contribution >= 4 is 22.3 Å². The number of aliphatic hydroxyl groups excluding tert-OH is 1. The van der Waals surface area contributed by atoms with Crippen molar-refractivity contribution in [3.05, 3.63) is 40.3 Å². The highest BCUT2D eigenvalue weighted by Crippen LogP contribution is 2.32. The molecule has 0 unspecified atom stereocenters. The van der Waals surface area contributed by atoms with E-state index in [1.54, 1.807) is 12.1 Å². The third-order valence-electron chi connectivity index (χ3n) is 2.91. The molecule has 20 heavy (non-hydrogen) atoms. The largest absolute Gasteiger partial charge is 0.396 e. The predicted octanol–water partition coefficient (Wildman–Crippen LogP) is 2.47. The third-order valence-corrected chi connectivity index (χ3v) is 2.91. The van der Waals surface area contributed by atoms with Gasteiger partial charge in [-0.15, -0.1) is 0 Å². The Bertz CT molecular complexity index is 634. The van der Waals surface area contributed by atoms with E-state index in [1.165, 1.54) is 6.20 Å². The molecule has 1 aromatic heterocycles. The lowest BCUT2D eigenvalue weighted by molar-refractivity contribution is -0.383. The Morgan fingerprint density at radius 1 is 1.45 bits per heavy atom. The molecule has 0 aliphatic carbocycles. The van der Waals surface area contributed by atoms with Crippen LogP contribution in [0.5, 0.6) is 0 Å². The highest BCUT2D eigenvalue weighted by atomic mass is 19.1. The van der Waals surface area contributed by atoms with Gasteiger partial charge >= 0.3 is 0 Å². The number of unbranched alkanes of at least 4 members (excludes halogenated alkanes) is 1. The highest BCUT2D eigenvalue weighted by molar-refractivity contribution is 5.97. The van der Waals surface area contributed by atoms with Crippen LogP contribution in [0.4, 0.5) is 15.8 Å². The number of aliphatic hydroxyl groups is 1. The van der Waals surface area contributed by atoms with Crippen LogP contribution < -0.4 is 5.32 Å². The molecule has 0 spiro atoms. The number of hydrogen-bond acceptors (Lipinski definition) is 5. The van der Waals surface area contributed by atoms with Crippen LogP contribution in [0.1, 0.15) is 12.8 Å². The number of aromatic nitrogens is 1. The molecule has 0 aliphatic heterocycles. The first-order valence-corrected chi connectivity index (χ1v) is 6.21. The molecule has 0 saturated carbocycles. The van der Waals surface area contributed by atoms with Crippen LogP contribution >= 0.6 is 0 Å². The lowest BCUT2D eigenvalue weighted by atomic mass is 10.1. The monoisotopic (exact) mass is 279 g/mol. The van der Waals surface area contributed by atoms with Crippen molar-refractivity contribution in [1.82, 2.24) is 4.98 Å². The van der Waals surface area contributed by atoms with Crippen molar-refractivity contribution in [3.8, 4) is 0 Å². The van der Waals surface area contributed by atoms with E-state index < -0.39 is 10.7 Å². The summed E-state index contributed by atoms with van der Waals surface area (Å²) in [6, 6.07) is 4.01. The van der Waals surface area contributed by atoms with Crippen LogP contribution in [0.3, 0.4) is 0 Å². The van der Waals surface area contributed by atoms with E-state index in [0.717, 1.165) is 6.07 Å². The van der Waals surface area contributed by atoms with Gasteiger partial charge in [0.2, 0.25) is 0 Å². The topological polar surface area (TPSA) is 88.3 Å². The summed E-state index contributed by atoms with van der Waals surface area (Å²) in [5.74, 6) is -0.702. The van der Waals surface area contributed by atoms with Crippen molar-refractivity contribution < 1.29 is 14.4 Å². The molecular formula is C13H14FN3O3. The average Bonchev–Trinajstić information content (AvgIpc) is 2.44. The lowest BCUT2D eigenvalue weighted by Crippen LogP contribution is -2.06. The second kappa shape index (κ2) is 6.25. The number of fused-ring (bicyclic) bond motifs is 1. The van der Waals surface area contributed by atoms with Crippen molar-refractivity contribution in [2.24, 2.45) is 0 Å². The van der Waals surface area contributed by atoms with Crippen molar-refractivity contribution in [2.45, 2.75) is 12.8 Å². The fourth-order valence-corrected chi connectivity index (χ4v) is 1.96. The molecule has 1 aromatic carbocycles. The molecular weight excluding hydrogens is 265 g/mol. The number of nitrogens with zero attached hydrogens (tertiary/aromatic N) is 2. The fraction of sp³-hybridized carbons (Fsp3) is 0.308. The van der Waals surface area contributed by atoms with Gasteiger partial charge in [-0.3, -0.25) is 15.1 Å². The smallest absolute Gasteiger partial charge is 0.281 e. The molecule has 0 atom stereocenters. The fourth-order valence-electron chi connectivity index (χ4n) is 1.96. The molecule has 0 amide bonds. The second-order valence-electron chi connectivity index (χ2n) is 4.27. The minimum absolute atomic E-state index is 0.0728. The zero-order chi connectivity index (χ0) is 14.5. The van der Waals surface area contributed by atoms with Gasteiger partial charge in [-0.05, 0) is 25.0 Å². The summed E-state index contributed by atoms with van der Waals surface area (Å²) in [6.45, 7) is 0.532. The molecule has 0 fully saturated rings. The van der Waals surface area contributed by atoms with Gasteiger partial charge in [0, 0.05) is 19.3 Å². The van der Waals surface area contributed by atoms with Crippen LogP contribution in [0.2, 0.25) is 0 Å². The van der Waals surface area contributed by atoms with Crippen LogP contribution in [0.25, 0.3) is 10.9 Å². The van der Waals surface area contributed by atoms with Gasteiger partial charge in [-0.2, -0.15) is 0 Å². The minimum Gasteiger partial charge on any atom is -0.396 e. The molecule has 2 N–H and O–H groups in total. The molecule has 1 heterocycles. The highest BCUT2D eigenvalue weighted by Gasteiger charge is 2.19. The number of hydrogen-bond donors (Lipinski definition) is 2. The number of benzene rings is 1. The number of nitro groups is 1. The number of pyridine rings is 1. The molecule has 106 valence electrons. The number of anilines is 1. The van der Waals surface area contributed by atoms with E-state index >= 15 is 0 Å². The summed E-state index contributed by atoms with van der Waals surface area (Å²) in [7, 11) is 0. The summed E-state index contributed by atoms with van der Waals surface area (Å²) in [5, 5.41) is 22.8. The van der Waals surface area contributed by atoms with Gasteiger partial charge in [0.15, 0.2) is 5.82 Å². The van der Waals surface area contributed by atoms with Gasteiger partial charge < -0.3 is 10.4 Å². The van der Waals surface area contributed by atoms with E-state index in [2.05, 4.69) is 10.3 Å². The van der Waals surface area contributed by atoms with E-state index in [1.807, 2.05) is 0 Å².